The molecular formula is C42H66N4O16. The standard InChI is InChI=1S/C18H26N2O7.C17H31NO6.C6H5NO3.CH4/c1-17(2,3)25-11-14(19-16(22)27-18(4,5)6)15(21)26-13-9-7-12(8-10-13)20(23)24;1-15(2,3)13(20)23-12(19)11(10-22-16(4,5)6)18-14(21)24-17(7,8)9;8-6-3-1-5(2-4-6)7(9)10;/h7-10,14H,11H2,1-6H3,(H,19,22);11H,10H2,1-9H3,(H,18,21);1-4,8H;1H4/t14-;11-;;/m00../s1. The molecule has 0 spiro atoms. The van der Waals surface area contributed by atoms with E-state index in [9.17, 15) is 44.2 Å². The van der Waals surface area contributed by atoms with E-state index in [1.165, 1.54) is 48.5 Å². The first kappa shape index (κ1) is 58.2. The Kier molecular flexibility index (Phi) is 23.0. The van der Waals surface area contributed by atoms with Crippen molar-refractivity contribution in [3.8, 4) is 11.5 Å². The van der Waals surface area contributed by atoms with Gasteiger partial charge in [-0.3, -0.25) is 25.0 Å². The molecule has 0 bridgehead atoms. The number of carbonyl (C=O) groups excluding carboxylic acids is 5. The maximum Gasteiger partial charge on any atom is 0.408 e. The Morgan fingerprint density at radius 2 is 0.919 bits per heavy atom. The third kappa shape index (κ3) is 27.8. The minimum atomic E-state index is -1.15. The van der Waals surface area contributed by atoms with E-state index in [-0.39, 0.29) is 43.5 Å². The van der Waals surface area contributed by atoms with Crippen molar-refractivity contribution in [3.63, 3.8) is 0 Å². The molecule has 350 valence electrons. The highest BCUT2D eigenvalue weighted by Crippen LogP contribution is 2.20. The number of amides is 2. The van der Waals surface area contributed by atoms with Crippen LogP contribution < -0.4 is 15.4 Å². The van der Waals surface area contributed by atoms with Crippen molar-refractivity contribution in [1.29, 1.82) is 0 Å². The van der Waals surface area contributed by atoms with E-state index in [4.69, 9.17) is 33.5 Å². The number of phenolic OH excluding ortho intramolecular Hbond substituents is 1. The van der Waals surface area contributed by atoms with E-state index in [2.05, 4.69) is 10.6 Å². The number of ether oxygens (including phenoxy) is 6. The van der Waals surface area contributed by atoms with Crippen molar-refractivity contribution in [1.82, 2.24) is 10.6 Å². The molecule has 2 rings (SSSR count). The first-order chi connectivity index (χ1) is 27.5. The molecule has 0 aliphatic heterocycles. The highest BCUT2D eigenvalue weighted by Gasteiger charge is 2.33. The molecule has 0 aromatic heterocycles. The van der Waals surface area contributed by atoms with Gasteiger partial charge in [0, 0.05) is 24.3 Å². The Bertz CT molecular complexity index is 1780. The largest absolute Gasteiger partial charge is 0.508 e. The van der Waals surface area contributed by atoms with Crippen LogP contribution in [-0.4, -0.2) is 92.7 Å². The summed E-state index contributed by atoms with van der Waals surface area (Å²) in [6, 6.07) is 7.80. The number of phenols is 1. The van der Waals surface area contributed by atoms with Crippen molar-refractivity contribution >= 4 is 41.5 Å². The van der Waals surface area contributed by atoms with E-state index in [0.29, 0.717) is 0 Å². The summed E-state index contributed by atoms with van der Waals surface area (Å²) in [5.41, 5.74) is -3.50. The van der Waals surface area contributed by atoms with Crippen molar-refractivity contribution in [2.45, 2.75) is 146 Å². The summed E-state index contributed by atoms with van der Waals surface area (Å²) < 4.78 is 31.4. The first-order valence-electron chi connectivity index (χ1n) is 18.9. The molecule has 0 unspecified atom stereocenters. The van der Waals surface area contributed by atoms with Crippen molar-refractivity contribution in [3.05, 3.63) is 68.8 Å². The second kappa shape index (κ2) is 24.5. The number of benzene rings is 2. The smallest absolute Gasteiger partial charge is 0.408 e. The molecule has 2 aromatic rings. The maximum absolute atomic E-state index is 12.4. The van der Waals surface area contributed by atoms with Crippen molar-refractivity contribution in [2.24, 2.45) is 5.41 Å². The Morgan fingerprint density at radius 1 is 0.581 bits per heavy atom. The molecular weight excluding hydrogens is 816 g/mol. The Morgan fingerprint density at radius 3 is 1.23 bits per heavy atom. The van der Waals surface area contributed by atoms with Crippen LogP contribution in [0, 0.1) is 25.6 Å². The van der Waals surface area contributed by atoms with Gasteiger partial charge in [0.05, 0.1) is 39.7 Å². The molecule has 2 amide bonds. The zero-order valence-electron chi connectivity index (χ0n) is 37.7. The fraction of sp³-hybridized carbons (Fsp3) is 0.595. The lowest BCUT2D eigenvalue weighted by molar-refractivity contribution is -0.385. The second-order valence-corrected chi connectivity index (χ2v) is 18.1. The Labute approximate surface area is 363 Å². The van der Waals surface area contributed by atoms with Crippen LogP contribution in [0.25, 0.3) is 0 Å². The SMILES string of the molecule is C.CC(C)(C)OC[C@H](NC(=O)OC(C)(C)C)C(=O)OC(=O)C(C)(C)C.CC(C)(C)OC[C@H](NC(=O)OC(C)(C)C)C(=O)Oc1ccc([N+](=O)[O-])cc1.O=[N+]([O-])c1ccc(O)cc1. The van der Waals surface area contributed by atoms with E-state index >= 15 is 0 Å². The molecule has 0 fully saturated rings. The number of rotatable bonds is 11. The number of hydrogen-bond donors (Lipinski definition) is 3. The summed E-state index contributed by atoms with van der Waals surface area (Å²) >= 11 is 0. The lowest BCUT2D eigenvalue weighted by Gasteiger charge is -2.26. The van der Waals surface area contributed by atoms with Gasteiger partial charge in [-0.25, -0.2) is 19.2 Å². The zero-order chi connectivity index (χ0) is 47.7. The fourth-order valence-electron chi connectivity index (χ4n) is 3.62. The quantitative estimate of drug-likeness (QED) is 0.0482. The van der Waals surface area contributed by atoms with E-state index in [1.54, 1.807) is 83.1 Å². The van der Waals surface area contributed by atoms with Gasteiger partial charge in [-0.1, -0.05) is 7.43 Å². The highest BCUT2D eigenvalue weighted by atomic mass is 16.6. The number of esters is 3. The van der Waals surface area contributed by atoms with Crippen LogP contribution in [-0.2, 0) is 38.1 Å². The third-order valence-corrected chi connectivity index (χ3v) is 6.45. The molecule has 0 radical (unpaired) electrons. The van der Waals surface area contributed by atoms with Crippen LogP contribution in [0.3, 0.4) is 0 Å². The van der Waals surface area contributed by atoms with Crippen LogP contribution in [0.2, 0.25) is 0 Å². The van der Waals surface area contributed by atoms with Gasteiger partial charge < -0.3 is 44.2 Å². The molecule has 0 saturated carbocycles. The first-order valence-corrected chi connectivity index (χ1v) is 18.9. The number of nitro groups is 2. The molecule has 0 saturated heterocycles. The summed E-state index contributed by atoms with van der Waals surface area (Å²) in [4.78, 5) is 80.1. The number of nitrogens with zero attached hydrogens (tertiary/aromatic N) is 2. The number of nitrogens with one attached hydrogen (secondary N) is 2. The molecule has 0 aliphatic rings. The molecule has 3 N–H and O–H groups in total. The van der Waals surface area contributed by atoms with Gasteiger partial charge in [0.25, 0.3) is 11.4 Å². The minimum absolute atomic E-state index is 0. The molecule has 62 heavy (non-hydrogen) atoms. The van der Waals surface area contributed by atoms with Gasteiger partial charge in [0.2, 0.25) is 0 Å². The fourth-order valence-corrected chi connectivity index (χ4v) is 3.62. The topological polar surface area (TPSA) is 271 Å². The number of alkyl carbamates (subject to hydrolysis) is 2. The second-order valence-electron chi connectivity index (χ2n) is 18.1. The number of aromatic hydroxyl groups is 1. The van der Waals surface area contributed by atoms with Gasteiger partial charge >= 0.3 is 30.1 Å². The molecule has 20 heteroatoms. The minimum Gasteiger partial charge on any atom is -0.508 e. The monoisotopic (exact) mass is 882 g/mol. The number of carbonyl (C=O) groups is 5. The van der Waals surface area contributed by atoms with Crippen LogP contribution in [0.15, 0.2) is 48.5 Å². The van der Waals surface area contributed by atoms with E-state index in [0.717, 1.165) is 0 Å². The zero-order valence-corrected chi connectivity index (χ0v) is 37.7. The van der Waals surface area contributed by atoms with E-state index < -0.39 is 79.8 Å². The number of hydrogen-bond acceptors (Lipinski definition) is 16. The lowest BCUT2D eigenvalue weighted by atomic mass is 9.97. The number of nitro benzene ring substituents is 2. The summed E-state index contributed by atoms with van der Waals surface area (Å²) in [6.45, 7) is 25.7. The van der Waals surface area contributed by atoms with Gasteiger partial charge in [-0.05, 0) is 128 Å². The predicted octanol–water partition coefficient (Wildman–Crippen LogP) is 7.96. The van der Waals surface area contributed by atoms with E-state index in [1.807, 2.05) is 20.8 Å². The molecule has 0 aliphatic carbocycles. The van der Waals surface area contributed by atoms with Gasteiger partial charge in [-0.2, -0.15) is 0 Å². The van der Waals surface area contributed by atoms with Gasteiger partial charge in [-0.15, -0.1) is 0 Å². The summed E-state index contributed by atoms with van der Waals surface area (Å²) in [5.74, 6) is -2.20. The van der Waals surface area contributed by atoms with Crippen molar-refractivity contribution in [2.75, 3.05) is 13.2 Å². The summed E-state index contributed by atoms with van der Waals surface area (Å²) in [7, 11) is 0. The third-order valence-electron chi connectivity index (χ3n) is 6.45. The average molecular weight is 883 g/mol. The molecule has 2 atom stereocenters. The van der Waals surface area contributed by atoms with Crippen LogP contribution in [0.5, 0.6) is 11.5 Å². The van der Waals surface area contributed by atoms with Crippen molar-refractivity contribution < 1.29 is 67.3 Å². The predicted molar refractivity (Wildman–Crippen MR) is 229 cm³/mol. The normalized spacial score (nSPS) is 12.4. The summed E-state index contributed by atoms with van der Waals surface area (Å²) in [6.07, 6.45) is -1.57. The summed E-state index contributed by atoms with van der Waals surface area (Å²) in [5, 5.41) is 34.2. The van der Waals surface area contributed by atoms with Gasteiger partial charge in [0.15, 0.2) is 12.1 Å². The Hall–Kier alpha value is -5.89. The highest BCUT2D eigenvalue weighted by molar-refractivity contribution is 5.92. The Balaban J connectivity index is 0. The average Bonchev–Trinajstić information content (AvgIpc) is 3.06. The van der Waals surface area contributed by atoms with Crippen LogP contribution in [0.4, 0.5) is 21.0 Å². The molecule has 2 aromatic carbocycles. The molecule has 20 nitrogen and oxygen atoms in total. The molecule has 0 heterocycles. The van der Waals surface area contributed by atoms with Crippen LogP contribution in [0.1, 0.15) is 111 Å². The number of non-ortho nitro benzene ring substituents is 2. The maximum atomic E-state index is 12.4. The van der Waals surface area contributed by atoms with Gasteiger partial charge in [0.1, 0.15) is 22.7 Å². The van der Waals surface area contributed by atoms with Crippen LogP contribution >= 0.6 is 0 Å². The lowest BCUT2D eigenvalue weighted by Crippen LogP contribution is -2.49.